The summed E-state index contributed by atoms with van der Waals surface area (Å²) in [6.45, 7) is 8.00. The fraction of sp³-hybridized carbons (Fsp3) is 0.591. The van der Waals surface area contributed by atoms with Crippen LogP contribution in [0, 0.1) is 16.7 Å². The van der Waals surface area contributed by atoms with E-state index in [0.29, 0.717) is 39.3 Å². The van der Waals surface area contributed by atoms with Crippen LogP contribution in [-0.2, 0) is 25.6 Å². The molecule has 0 unspecified atom stereocenters. The van der Waals surface area contributed by atoms with Gasteiger partial charge in [0.05, 0.1) is 32.5 Å². The molecule has 0 saturated carbocycles. The summed E-state index contributed by atoms with van der Waals surface area (Å²) in [6, 6.07) is 10.8. The zero-order valence-electron chi connectivity index (χ0n) is 17.9. The van der Waals surface area contributed by atoms with Crippen LogP contribution >= 0.6 is 0 Å². The zero-order chi connectivity index (χ0) is 22.0. The average molecular weight is 418 g/mol. The van der Waals surface area contributed by atoms with Crippen LogP contribution in [0.1, 0.15) is 32.8 Å². The van der Waals surface area contributed by atoms with E-state index in [1.807, 2.05) is 57.2 Å². The Morgan fingerprint density at radius 3 is 2.50 bits per heavy atom. The standard InChI is InChI=1S/C22H31N3O5/c1-22(2,3)13-19(30-21(27)25-9-11-28-12-10-25)20(26)24-18(14-23)16-29-15-17-7-5-4-6-8-17/h4-8,18-19H,9-13,15-16H2,1-3H3,(H,24,26)/t18-,19+/m1/s1. The molecule has 1 heterocycles. The summed E-state index contributed by atoms with van der Waals surface area (Å²) < 4.78 is 16.3. The third-order valence-corrected chi connectivity index (χ3v) is 4.47. The van der Waals surface area contributed by atoms with E-state index in [9.17, 15) is 14.9 Å². The molecule has 1 aromatic rings. The van der Waals surface area contributed by atoms with E-state index in [0.717, 1.165) is 5.56 Å². The Morgan fingerprint density at radius 2 is 1.90 bits per heavy atom. The Labute approximate surface area is 178 Å². The SMILES string of the molecule is CC(C)(C)C[C@H](OC(=O)N1CCOCC1)C(=O)N[C@H](C#N)COCc1ccccc1. The first kappa shape index (κ1) is 23.6. The van der Waals surface area contributed by atoms with Gasteiger partial charge in [0.15, 0.2) is 6.10 Å². The van der Waals surface area contributed by atoms with Gasteiger partial charge in [0, 0.05) is 13.1 Å². The van der Waals surface area contributed by atoms with Crippen molar-refractivity contribution >= 4 is 12.0 Å². The smallest absolute Gasteiger partial charge is 0.410 e. The van der Waals surface area contributed by atoms with Gasteiger partial charge in [-0.2, -0.15) is 5.26 Å². The molecule has 164 valence electrons. The summed E-state index contributed by atoms with van der Waals surface area (Å²) in [4.78, 5) is 26.8. The summed E-state index contributed by atoms with van der Waals surface area (Å²) in [7, 11) is 0. The van der Waals surface area contributed by atoms with Crippen LogP contribution < -0.4 is 5.32 Å². The van der Waals surface area contributed by atoms with E-state index in [4.69, 9.17) is 14.2 Å². The van der Waals surface area contributed by atoms with Crippen molar-refractivity contribution in [1.29, 1.82) is 5.26 Å². The first-order valence-corrected chi connectivity index (χ1v) is 10.1. The van der Waals surface area contributed by atoms with Gasteiger partial charge < -0.3 is 24.4 Å². The van der Waals surface area contributed by atoms with E-state index in [1.54, 1.807) is 0 Å². The summed E-state index contributed by atoms with van der Waals surface area (Å²) in [6.07, 6.45) is -1.21. The highest BCUT2D eigenvalue weighted by atomic mass is 16.6. The van der Waals surface area contributed by atoms with Crippen molar-refractivity contribution in [2.45, 2.75) is 45.9 Å². The molecule has 8 heteroatoms. The van der Waals surface area contributed by atoms with Crippen LogP contribution in [0.2, 0.25) is 0 Å². The molecule has 2 amide bonds. The molecule has 1 aliphatic heterocycles. The average Bonchev–Trinajstić information content (AvgIpc) is 2.72. The summed E-state index contributed by atoms with van der Waals surface area (Å²) in [5, 5.41) is 12.0. The van der Waals surface area contributed by atoms with E-state index >= 15 is 0 Å². The molecule has 1 aliphatic rings. The fourth-order valence-corrected chi connectivity index (χ4v) is 2.93. The first-order chi connectivity index (χ1) is 14.3. The van der Waals surface area contributed by atoms with Crippen LogP contribution in [-0.4, -0.2) is 62.0 Å². The van der Waals surface area contributed by atoms with E-state index in [-0.39, 0.29) is 12.0 Å². The predicted molar refractivity (Wildman–Crippen MR) is 110 cm³/mol. The quantitative estimate of drug-likeness (QED) is 0.697. The number of ether oxygens (including phenoxy) is 3. The third kappa shape index (κ3) is 8.39. The maximum atomic E-state index is 12.8. The lowest BCUT2D eigenvalue weighted by atomic mass is 9.89. The minimum atomic E-state index is -0.995. The van der Waals surface area contributed by atoms with Crippen LogP contribution in [0.15, 0.2) is 30.3 Å². The monoisotopic (exact) mass is 417 g/mol. The van der Waals surface area contributed by atoms with Crippen molar-refractivity contribution in [3.8, 4) is 6.07 Å². The van der Waals surface area contributed by atoms with Gasteiger partial charge in [-0.1, -0.05) is 51.1 Å². The third-order valence-electron chi connectivity index (χ3n) is 4.47. The number of carbonyl (C=O) groups excluding carboxylic acids is 2. The number of rotatable bonds is 8. The minimum absolute atomic E-state index is 0.0385. The maximum absolute atomic E-state index is 12.8. The van der Waals surface area contributed by atoms with E-state index < -0.39 is 24.1 Å². The van der Waals surface area contributed by atoms with Crippen molar-refractivity contribution in [3.05, 3.63) is 35.9 Å². The van der Waals surface area contributed by atoms with Crippen molar-refractivity contribution in [2.24, 2.45) is 5.41 Å². The highest BCUT2D eigenvalue weighted by Crippen LogP contribution is 2.23. The van der Waals surface area contributed by atoms with Crippen LogP contribution in [0.3, 0.4) is 0 Å². The fourth-order valence-electron chi connectivity index (χ4n) is 2.93. The van der Waals surface area contributed by atoms with Gasteiger partial charge in [0.2, 0.25) is 0 Å². The highest BCUT2D eigenvalue weighted by Gasteiger charge is 2.31. The zero-order valence-corrected chi connectivity index (χ0v) is 17.9. The molecule has 1 fully saturated rings. The topological polar surface area (TPSA) is 101 Å². The molecule has 30 heavy (non-hydrogen) atoms. The van der Waals surface area contributed by atoms with E-state index in [2.05, 4.69) is 5.32 Å². The molecule has 0 spiro atoms. The lowest BCUT2D eigenvalue weighted by Gasteiger charge is -2.30. The first-order valence-electron chi connectivity index (χ1n) is 10.1. The number of morpholine rings is 1. The Kier molecular flexibility index (Phi) is 9.09. The number of hydrogen-bond acceptors (Lipinski definition) is 6. The molecule has 2 atom stereocenters. The van der Waals surface area contributed by atoms with Gasteiger partial charge in [0.25, 0.3) is 5.91 Å². The lowest BCUT2D eigenvalue weighted by Crippen LogP contribution is -2.48. The Hall–Kier alpha value is -2.63. The molecular weight excluding hydrogens is 386 g/mol. The number of nitrogens with zero attached hydrogens (tertiary/aromatic N) is 2. The van der Waals surface area contributed by atoms with Crippen molar-refractivity contribution in [2.75, 3.05) is 32.9 Å². The molecule has 8 nitrogen and oxygen atoms in total. The Bertz CT molecular complexity index is 721. The van der Waals surface area contributed by atoms with E-state index in [1.165, 1.54) is 4.90 Å². The molecule has 1 saturated heterocycles. The largest absolute Gasteiger partial charge is 0.436 e. The maximum Gasteiger partial charge on any atom is 0.410 e. The van der Waals surface area contributed by atoms with Gasteiger partial charge in [-0.25, -0.2) is 4.79 Å². The van der Waals surface area contributed by atoms with Gasteiger partial charge in [-0.3, -0.25) is 4.79 Å². The summed E-state index contributed by atoms with van der Waals surface area (Å²) >= 11 is 0. The predicted octanol–water partition coefficient (Wildman–Crippen LogP) is 2.49. The van der Waals surface area contributed by atoms with Crippen molar-refractivity contribution in [1.82, 2.24) is 10.2 Å². The van der Waals surface area contributed by atoms with Gasteiger partial charge >= 0.3 is 6.09 Å². The van der Waals surface area contributed by atoms with Gasteiger partial charge in [-0.15, -0.1) is 0 Å². The molecular formula is C22H31N3O5. The number of nitriles is 1. The van der Waals surface area contributed by atoms with Crippen molar-refractivity contribution < 1.29 is 23.8 Å². The number of carbonyl (C=O) groups is 2. The highest BCUT2D eigenvalue weighted by molar-refractivity contribution is 5.84. The second-order valence-corrected chi connectivity index (χ2v) is 8.43. The van der Waals surface area contributed by atoms with Crippen LogP contribution in [0.5, 0.6) is 0 Å². The number of nitrogens with one attached hydrogen (secondary N) is 1. The molecule has 2 rings (SSSR count). The second-order valence-electron chi connectivity index (χ2n) is 8.43. The second kappa shape index (κ2) is 11.5. The minimum Gasteiger partial charge on any atom is -0.436 e. The molecule has 0 aliphatic carbocycles. The van der Waals surface area contributed by atoms with Gasteiger partial charge in [0.1, 0.15) is 6.04 Å². The number of hydrogen-bond donors (Lipinski definition) is 1. The Balaban J connectivity index is 1.92. The number of benzene rings is 1. The normalized spacial score (nSPS) is 16.3. The van der Waals surface area contributed by atoms with Crippen LogP contribution in [0.4, 0.5) is 4.79 Å². The van der Waals surface area contributed by atoms with Crippen LogP contribution in [0.25, 0.3) is 0 Å². The summed E-state index contributed by atoms with van der Waals surface area (Å²) in [5.74, 6) is -0.499. The molecule has 1 aromatic carbocycles. The lowest BCUT2D eigenvalue weighted by molar-refractivity contribution is -0.132. The molecule has 1 N–H and O–H groups in total. The Morgan fingerprint density at radius 1 is 1.23 bits per heavy atom. The molecule has 0 radical (unpaired) electrons. The molecule has 0 bridgehead atoms. The van der Waals surface area contributed by atoms with Gasteiger partial charge in [-0.05, 0) is 17.4 Å². The summed E-state index contributed by atoms with van der Waals surface area (Å²) in [5.41, 5.74) is 0.727. The van der Waals surface area contributed by atoms with Crippen molar-refractivity contribution in [3.63, 3.8) is 0 Å². The molecule has 0 aromatic heterocycles. The number of amides is 2.